The highest BCUT2D eigenvalue weighted by molar-refractivity contribution is 8.00. The Balaban J connectivity index is 1.00. The van der Waals surface area contributed by atoms with Crippen molar-refractivity contribution in [2.75, 3.05) is 25.7 Å². The number of anilines is 10. The number of hydrogen-bond acceptors (Lipinski definition) is 9. The van der Waals surface area contributed by atoms with E-state index in [1.54, 1.807) is 11.9 Å². The monoisotopic (exact) mass is 1030 g/mol. The average Bonchev–Trinajstić information content (AvgIpc) is 3.14. The Morgan fingerprint density at radius 2 is 1.14 bits per heavy atom. The third-order valence-corrected chi connectivity index (χ3v) is 17.4. The molecule has 0 aliphatic carbocycles. The van der Waals surface area contributed by atoms with Gasteiger partial charge in [-0.05, 0) is 198 Å². The molecule has 8 nitrogen and oxygen atoms in total. The highest BCUT2D eigenvalue weighted by atomic mass is 32.2. The molecule has 0 spiro atoms. The summed E-state index contributed by atoms with van der Waals surface area (Å²) in [6, 6.07) is 71.6. The van der Waals surface area contributed by atoms with E-state index in [0.29, 0.717) is 16.9 Å². The molecule has 10 aromatic carbocycles. The molecule has 1 N–H and O–H groups in total. The third-order valence-electron chi connectivity index (χ3n) is 16.7. The van der Waals surface area contributed by atoms with Gasteiger partial charge in [0.2, 0.25) is 0 Å². The predicted octanol–water partition coefficient (Wildman–Crippen LogP) is 10.5. The predicted molar refractivity (Wildman–Crippen MR) is 329 cm³/mol. The van der Waals surface area contributed by atoms with E-state index in [2.05, 4.69) is 229 Å². The number of nitriles is 2. The van der Waals surface area contributed by atoms with Gasteiger partial charge in [0.25, 0.3) is 20.1 Å². The van der Waals surface area contributed by atoms with Crippen LogP contribution in [0.15, 0.2) is 188 Å². The number of rotatable bonds is 6. The van der Waals surface area contributed by atoms with E-state index in [1.165, 1.54) is 5.46 Å². The summed E-state index contributed by atoms with van der Waals surface area (Å²) in [5, 5.41) is 25.4. The molecule has 0 saturated heterocycles. The zero-order chi connectivity index (χ0) is 53.4. The summed E-state index contributed by atoms with van der Waals surface area (Å²) in [6.45, 7) is 7.82. The quantitative estimate of drug-likeness (QED) is 0.129. The lowest BCUT2D eigenvalue weighted by Gasteiger charge is -2.43. The van der Waals surface area contributed by atoms with E-state index < -0.39 is 0 Å². The fourth-order valence-corrected chi connectivity index (χ4v) is 14.2. The Kier molecular flexibility index (Phi) is 10.5. The van der Waals surface area contributed by atoms with E-state index in [0.717, 1.165) is 140 Å². The average molecular weight is 1030 g/mol. The molecule has 372 valence electrons. The van der Waals surface area contributed by atoms with E-state index in [1.807, 2.05) is 24.3 Å². The number of para-hydroxylation sites is 3. The number of nitrogens with zero attached hydrogens (tertiary/aromatic N) is 5. The van der Waals surface area contributed by atoms with Crippen LogP contribution in [0.1, 0.15) is 33.4 Å². The molecule has 0 unspecified atom stereocenters. The Labute approximate surface area is 465 Å². The molecule has 0 amide bonds. The standard InChI is InChI=1S/C67H47B3N6O2S/c1-39-26-42(4)64-62(29-39)77-60-23-15-16-44(38-72)65(60)70(64)49-34-53-61(30-41(49)3)78-63-33-48(74(45-17-9-6-10-18-45)46-19-11-7-12-20-46)32-59-67(63)69(53)52-35-50-54(36-57(52)76(59)79-5)73-55-27-40(2)28-58-66(55)68(50)51-31-43(37-71)24-25-56(51)75(58)47-21-13-8-14-22-47/h6-36,73H,1-5H3. The van der Waals surface area contributed by atoms with Crippen molar-refractivity contribution >= 4 is 138 Å². The van der Waals surface area contributed by atoms with Crippen LogP contribution in [0.3, 0.4) is 0 Å². The first-order chi connectivity index (χ1) is 38.7. The van der Waals surface area contributed by atoms with Gasteiger partial charge in [-0.25, -0.2) is 0 Å². The largest absolute Gasteiger partial charge is 0.458 e. The van der Waals surface area contributed by atoms with Crippen LogP contribution in [-0.4, -0.2) is 26.4 Å². The van der Waals surface area contributed by atoms with Gasteiger partial charge < -0.3 is 24.6 Å². The van der Waals surface area contributed by atoms with Gasteiger partial charge in [-0.1, -0.05) is 95.5 Å². The van der Waals surface area contributed by atoms with Crippen molar-refractivity contribution in [3.8, 4) is 35.1 Å². The normalized spacial score (nSPS) is 13.3. The van der Waals surface area contributed by atoms with Crippen molar-refractivity contribution in [1.29, 1.82) is 10.5 Å². The minimum absolute atomic E-state index is 0.203. The van der Waals surface area contributed by atoms with Crippen LogP contribution < -0.4 is 78.1 Å². The van der Waals surface area contributed by atoms with E-state index in [-0.39, 0.29) is 20.1 Å². The molecule has 0 aromatic heterocycles. The molecule has 0 fully saturated rings. The van der Waals surface area contributed by atoms with Crippen LogP contribution in [0.5, 0.6) is 23.0 Å². The smallest absolute Gasteiger partial charge is 0.256 e. The van der Waals surface area contributed by atoms with Crippen LogP contribution in [-0.2, 0) is 0 Å². The molecule has 0 saturated carbocycles. The second-order valence-corrected chi connectivity index (χ2v) is 22.1. The Bertz CT molecular complexity index is 4310. The molecule has 15 rings (SSSR count). The Hall–Kier alpha value is -9.48. The fraction of sp³-hybridized carbons (Fsp3) is 0.0746. The van der Waals surface area contributed by atoms with E-state index in [4.69, 9.17) is 9.47 Å². The highest BCUT2D eigenvalue weighted by Gasteiger charge is 2.48. The van der Waals surface area contributed by atoms with Gasteiger partial charge in [0.1, 0.15) is 23.0 Å². The summed E-state index contributed by atoms with van der Waals surface area (Å²) in [6.07, 6.45) is 2.15. The highest BCUT2D eigenvalue weighted by Crippen LogP contribution is 2.47. The number of ether oxygens (including phenoxy) is 2. The van der Waals surface area contributed by atoms with Crippen molar-refractivity contribution in [1.82, 2.24) is 0 Å². The molecule has 0 atom stereocenters. The number of benzene rings is 10. The lowest BCUT2D eigenvalue weighted by Crippen LogP contribution is -2.64. The first-order valence-electron chi connectivity index (χ1n) is 26.7. The summed E-state index contributed by atoms with van der Waals surface area (Å²) in [5.41, 5.74) is 25.8. The van der Waals surface area contributed by atoms with Crippen LogP contribution in [0, 0.1) is 50.4 Å². The Morgan fingerprint density at radius 1 is 0.456 bits per heavy atom. The first kappa shape index (κ1) is 46.8. The zero-order valence-corrected chi connectivity index (χ0v) is 44.9. The molecule has 0 bridgehead atoms. The van der Waals surface area contributed by atoms with Crippen LogP contribution >= 0.6 is 11.9 Å². The lowest BCUT2D eigenvalue weighted by atomic mass is 9.29. The molecule has 5 aliphatic heterocycles. The lowest BCUT2D eigenvalue weighted by molar-refractivity contribution is 0.486. The van der Waals surface area contributed by atoms with Gasteiger partial charge in [-0.3, -0.25) is 4.31 Å². The maximum Gasteiger partial charge on any atom is 0.256 e. The van der Waals surface area contributed by atoms with Crippen molar-refractivity contribution in [3.05, 3.63) is 221 Å². The minimum Gasteiger partial charge on any atom is -0.458 e. The first-order valence-corrected chi connectivity index (χ1v) is 27.9. The second kappa shape index (κ2) is 17.8. The fourth-order valence-electron chi connectivity index (χ4n) is 13.5. The SMILES string of the molecule is CSN1c2cc3c(cc2B2c4cc(B5c6c(C)cc(C)cc6Oc6cccc(C#N)c65)c(C)cc4Oc4cc(N(c5ccccc5)c5ccccc5)cc1c42)B1c2cc(C#N)ccc2N(c2ccccc2)c2cc(C)cc(c21)N3. The number of nitrogens with one attached hydrogen (secondary N) is 1. The van der Waals surface area contributed by atoms with Crippen LogP contribution in [0.25, 0.3) is 0 Å². The van der Waals surface area contributed by atoms with Crippen molar-refractivity contribution in [3.63, 3.8) is 0 Å². The second-order valence-electron chi connectivity index (χ2n) is 21.4. The van der Waals surface area contributed by atoms with Crippen LogP contribution in [0.2, 0.25) is 0 Å². The summed E-state index contributed by atoms with van der Waals surface area (Å²) in [7, 11) is 0. The third kappa shape index (κ3) is 7.04. The van der Waals surface area contributed by atoms with Crippen molar-refractivity contribution in [2.45, 2.75) is 27.7 Å². The van der Waals surface area contributed by atoms with Gasteiger partial charge in [-0.15, -0.1) is 0 Å². The molecule has 79 heavy (non-hydrogen) atoms. The molecule has 0 radical (unpaired) electrons. The summed E-state index contributed by atoms with van der Waals surface area (Å²) >= 11 is 1.68. The van der Waals surface area contributed by atoms with E-state index in [9.17, 15) is 10.5 Å². The number of aryl methyl sites for hydroxylation is 4. The maximum absolute atomic E-state index is 10.8. The van der Waals surface area contributed by atoms with E-state index >= 15 is 0 Å². The molecule has 12 heteroatoms. The van der Waals surface area contributed by atoms with Gasteiger partial charge in [0.05, 0.1) is 34.6 Å². The van der Waals surface area contributed by atoms with Crippen molar-refractivity contribution < 1.29 is 9.47 Å². The van der Waals surface area contributed by atoms with Gasteiger partial charge in [0.15, 0.2) is 0 Å². The number of hydrogen-bond donors (Lipinski definition) is 1. The molecule has 5 aliphatic rings. The summed E-state index contributed by atoms with van der Waals surface area (Å²) in [4.78, 5) is 4.67. The van der Waals surface area contributed by atoms with Gasteiger partial charge in [-0.2, -0.15) is 10.5 Å². The molecular weight excluding hydrogens is 985 g/mol. The summed E-state index contributed by atoms with van der Waals surface area (Å²) in [5.74, 6) is 3.09. The summed E-state index contributed by atoms with van der Waals surface area (Å²) < 4.78 is 16.5. The Morgan fingerprint density at radius 3 is 1.87 bits per heavy atom. The molecule has 5 heterocycles. The van der Waals surface area contributed by atoms with Gasteiger partial charge >= 0.3 is 0 Å². The van der Waals surface area contributed by atoms with Crippen LogP contribution in [0.4, 0.5) is 56.9 Å². The maximum atomic E-state index is 10.8. The number of fused-ring (bicyclic) bond motifs is 10. The zero-order valence-electron chi connectivity index (χ0n) is 44.1. The molecular formula is C67H47B3N6O2S. The van der Waals surface area contributed by atoms with Crippen molar-refractivity contribution in [2.24, 2.45) is 0 Å². The minimum atomic E-state index is -0.299. The van der Waals surface area contributed by atoms with Gasteiger partial charge in [0, 0.05) is 57.8 Å². The molecule has 10 aromatic rings. The topological polar surface area (TPSA) is 87.8 Å².